The molecule has 0 radical (unpaired) electrons. The van der Waals surface area contributed by atoms with Gasteiger partial charge in [-0.2, -0.15) is 0 Å². The van der Waals surface area contributed by atoms with Crippen molar-refractivity contribution < 1.29 is 18.4 Å². The standard InChI is InChI=1S/C20H14F2N4O2/c1-10(27)11-5-6-17(23-8-11)26-15-7-14(18-12(21)3-2-4-13(18)22)25-16-9-24-20(28)19(15)16/h2-8H,9H2,1H3,(H,24,28)(H,23,25,26). The minimum Gasteiger partial charge on any atom is -0.346 e. The van der Waals surface area contributed by atoms with Gasteiger partial charge in [0.05, 0.1) is 34.7 Å². The van der Waals surface area contributed by atoms with E-state index in [1.54, 1.807) is 12.1 Å². The number of hydrogen-bond donors (Lipinski definition) is 2. The highest BCUT2D eigenvalue weighted by atomic mass is 19.1. The number of carbonyl (C=O) groups excluding carboxylic acids is 2. The molecule has 0 spiro atoms. The molecule has 0 aliphatic carbocycles. The van der Waals surface area contributed by atoms with E-state index >= 15 is 0 Å². The summed E-state index contributed by atoms with van der Waals surface area (Å²) >= 11 is 0. The predicted molar refractivity (Wildman–Crippen MR) is 98.3 cm³/mol. The molecule has 2 N–H and O–H groups in total. The summed E-state index contributed by atoms with van der Waals surface area (Å²) in [6, 6.07) is 8.14. The highest BCUT2D eigenvalue weighted by molar-refractivity contribution is 6.04. The Hall–Kier alpha value is -3.68. The Labute approximate surface area is 158 Å². The summed E-state index contributed by atoms with van der Waals surface area (Å²) in [5, 5.41) is 5.63. The van der Waals surface area contributed by atoms with E-state index in [0.717, 1.165) is 12.1 Å². The van der Waals surface area contributed by atoms with E-state index in [2.05, 4.69) is 20.6 Å². The summed E-state index contributed by atoms with van der Waals surface area (Å²) in [5.41, 5.74) is 1.23. The number of rotatable bonds is 4. The fraction of sp³-hybridized carbons (Fsp3) is 0.100. The molecular formula is C20H14F2N4O2. The van der Waals surface area contributed by atoms with E-state index in [1.807, 2.05) is 0 Å². The lowest BCUT2D eigenvalue weighted by molar-refractivity contribution is 0.0965. The monoisotopic (exact) mass is 380 g/mol. The van der Waals surface area contributed by atoms with Crippen molar-refractivity contribution in [3.63, 3.8) is 0 Å². The van der Waals surface area contributed by atoms with Crippen molar-refractivity contribution >= 4 is 23.2 Å². The number of amides is 1. The molecule has 0 bridgehead atoms. The number of nitrogens with one attached hydrogen (secondary N) is 2. The van der Waals surface area contributed by atoms with Crippen molar-refractivity contribution in [3.05, 3.63) is 71.1 Å². The topological polar surface area (TPSA) is 84.0 Å². The van der Waals surface area contributed by atoms with Gasteiger partial charge in [0.2, 0.25) is 0 Å². The van der Waals surface area contributed by atoms with Crippen LogP contribution < -0.4 is 10.6 Å². The van der Waals surface area contributed by atoms with E-state index < -0.39 is 11.6 Å². The largest absolute Gasteiger partial charge is 0.346 e. The Kier molecular flexibility index (Phi) is 4.31. The van der Waals surface area contributed by atoms with Crippen molar-refractivity contribution in [3.8, 4) is 11.3 Å². The molecule has 2 aromatic heterocycles. The smallest absolute Gasteiger partial charge is 0.255 e. The molecule has 1 aromatic carbocycles. The van der Waals surface area contributed by atoms with Crippen LogP contribution in [0.25, 0.3) is 11.3 Å². The molecule has 1 amide bonds. The van der Waals surface area contributed by atoms with Gasteiger partial charge in [0, 0.05) is 11.8 Å². The number of Topliss-reactive ketones (excluding diaryl/α,β-unsaturated/α-hetero) is 1. The lowest BCUT2D eigenvalue weighted by atomic mass is 10.1. The number of fused-ring (bicyclic) bond motifs is 1. The zero-order chi connectivity index (χ0) is 19.8. The third-order valence-electron chi connectivity index (χ3n) is 4.39. The van der Waals surface area contributed by atoms with Gasteiger partial charge in [-0.15, -0.1) is 0 Å². The molecule has 0 fully saturated rings. The van der Waals surface area contributed by atoms with Crippen molar-refractivity contribution in [1.29, 1.82) is 0 Å². The SMILES string of the molecule is CC(=O)c1ccc(Nc2cc(-c3c(F)cccc3F)nc3c2C(=O)NC3)nc1. The molecule has 28 heavy (non-hydrogen) atoms. The normalized spacial score (nSPS) is 12.5. The molecule has 6 nitrogen and oxygen atoms in total. The number of carbonyl (C=O) groups is 2. The number of anilines is 2. The van der Waals surface area contributed by atoms with Gasteiger partial charge in [0.25, 0.3) is 5.91 Å². The average Bonchev–Trinajstić information content (AvgIpc) is 3.03. The molecule has 0 atom stereocenters. The second-order valence-electron chi connectivity index (χ2n) is 6.27. The van der Waals surface area contributed by atoms with E-state index in [9.17, 15) is 18.4 Å². The summed E-state index contributed by atoms with van der Waals surface area (Å²) in [6.07, 6.45) is 1.41. The first-order valence-electron chi connectivity index (χ1n) is 8.44. The maximum atomic E-state index is 14.2. The van der Waals surface area contributed by atoms with Crippen molar-refractivity contribution in [2.75, 3.05) is 5.32 Å². The first-order valence-corrected chi connectivity index (χ1v) is 8.44. The Morgan fingerprint density at radius 1 is 1.14 bits per heavy atom. The molecule has 1 aliphatic heterocycles. The maximum absolute atomic E-state index is 14.2. The first kappa shape index (κ1) is 17.7. The highest BCUT2D eigenvalue weighted by Gasteiger charge is 2.27. The molecule has 8 heteroatoms. The average molecular weight is 380 g/mol. The zero-order valence-electron chi connectivity index (χ0n) is 14.7. The van der Waals surface area contributed by atoms with Crippen LogP contribution in [-0.4, -0.2) is 21.7 Å². The molecule has 4 rings (SSSR count). The lowest BCUT2D eigenvalue weighted by Crippen LogP contribution is -2.13. The van der Waals surface area contributed by atoms with Crippen molar-refractivity contribution in [2.24, 2.45) is 0 Å². The number of aromatic nitrogens is 2. The van der Waals surface area contributed by atoms with Gasteiger partial charge in [-0.3, -0.25) is 9.59 Å². The lowest BCUT2D eigenvalue weighted by Gasteiger charge is -2.12. The van der Waals surface area contributed by atoms with Crippen LogP contribution in [0.4, 0.5) is 20.3 Å². The Morgan fingerprint density at radius 2 is 1.89 bits per heavy atom. The Bertz CT molecular complexity index is 1090. The number of ketones is 1. The molecule has 0 saturated heterocycles. The molecule has 3 aromatic rings. The molecule has 0 saturated carbocycles. The Morgan fingerprint density at radius 3 is 2.54 bits per heavy atom. The van der Waals surface area contributed by atoms with E-state index in [-0.39, 0.29) is 35.1 Å². The van der Waals surface area contributed by atoms with Crippen LogP contribution in [0.3, 0.4) is 0 Å². The van der Waals surface area contributed by atoms with Gasteiger partial charge in [-0.25, -0.2) is 18.7 Å². The summed E-state index contributed by atoms with van der Waals surface area (Å²) in [5.74, 6) is -1.59. The van der Waals surface area contributed by atoms with E-state index in [1.165, 1.54) is 25.3 Å². The third kappa shape index (κ3) is 3.09. The number of nitrogens with zero attached hydrogens (tertiary/aromatic N) is 2. The highest BCUT2D eigenvalue weighted by Crippen LogP contribution is 2.32. The minimum atomic E-state index is -0.750. The van der Waals surface area contributed by atoms with Gasteiger partial charge in [0.1, 0.15) is 17.5 Å². The van der Waals surface area contributed by atoms with Crippen LogP contribution in [0.15, 0.2) is 42.6 Å². The van der Waals surface area contributed by atoms with Crippen LogP contribution in [0.2, 0.25) is 0 Å². The maximum Gasteiger partial charge on any atom is 0.255 e. The number of pyridine rings is 2. The predicted octanol–water partition coefficient (Wildman–Crippen LogP) is 3.61. The van der Waals surface area contributed by atoms with Crippen LogP contribution >= 0.6 is 0 Å². The van der Waals surface area contributed by atoms with Gasteiger partial charge >= 0.3 is 0 Å². The first-order chi connectivity index (χ1) is 13.4. The molecular weight excluding hydrogens is 366 g/mol. The second-order valence-corrected chi connectivity index (χ2v) is 6.27. The Balaban J connectivity index is 1.81. The minimum absolute atomic E-state index is 0.0636. The second kappa shape index (κ2) is 6.80. The van der Waals surface area contributed by atoms with Crippen LogP contribution in [-0.2, 0) is 6.54 Å². The quantitative estimate of drug-likeness (QED) is 0.676. The van der Waals surface area contributed by atoms with Crippen molar-refractivity contribution in [2.45, 2.75) is 13.5 Å². The summed E-state index contributed by atoms with van der Waals surface area (Å²) in [4.78, 5) is 32.0. The van der Waals surface area contributed by atoms with Crippen LogP contribution in [0.5, 0.6) is 0 Å². The third-order valence-corrected chi connectivity index (χ3v) is 4.39. The fourth-order valence-electron chi connectivity index (χ4n) is 3.01. The van der Waals surface area contributed by atoms with E-state index in [0.29, 0.717) is 22.8 Å². The zero-order valence-corrected chi connectivity index (χ0v) is 14.7. The van der Waals surface area contributed by atoms with Gasteiger partial charge in [-0.1, -0.05) is 6.07 Å². The summed E-state index contributed by atoms with van der Waals surface area (Å²) in [7, 11) is 0. The molecule has 0 unspecified atom stereocenters. The van der Waals surface area contributed by atoms with Gasteiger partial charge < -0.3 is 10.6 Å². The van der Waals surface area contributed by atoms with E-state index in [4.69, 9.17) is 0 Å². The van der Waals surface area contributed by atoms with Crippen LogP contribution in [0.1, 0.15) is 33.3 Å². The summed E-state index contributed by atoms with van der Waals surface area (Å²) < 4.78 is 28.4. The molecule has 140 valence electrons. The van der Waals surface area contributed by atoms with Crippen molar-refractivity contribution in [1.82, 2.24) is 15.3 Å². The number of hydrogen-bond acceptors (Lipinski definition) is 5. The molecule has 3 heterocycles. The molecule has 1 aliphatic rings. The number of benzene rings is 1. The number of halogens is 2. The fourth-order valence-corrected chi connectivity index (χ4v) is 3.01. The van der Waals surface area contributed by atoms with Crippen LogP contribution in [0, 0.1) is 11.6 Å². The van der Waals surface area contributed by atoms with Gasteiger partial charge in [0.15, 0.2) is 5.78 Å². The van der Waals surface area contributed by atoms with Gasteiger partial charge in [-0.05, 0) is 37.3 Å². The summed E-state index contributed by atoms with van der Waals surface area (Å²) in [6.45, 7) is 1.59.